The molecular weight excluding hydrogens is 384 g/mol. The summed E-state index contributed by atoms with van der Waals surface area (Å²) in [6, 6.07) is 15.8. The largest absolute Gasteiger partial charge is 0.346 e. The standard InChI is InChI=1S/C21H20N6OS/c28-20(16-6-1-3-8-18(16)27-15-22-14-23-27)25-10-5-11-26(13-12-25)21-24-17-7-2-4-9-19(17)29-21/h1-4,6-9,14-15H,5,10-13H2. The molecule has 0 atom stereocenters. The molecule has 4 aromatic rings. The highest BCUT2D eigenvalue weighted by Gasteiger charge is 2.24. The second-order valence-electron chi connectivity index (χ2n) is 6.95. The second-order valence-corrected chi connectivity index (χ2v) is 7.96. The van der Waals surface area contributed by atoms with Crippen molar-refractivity contribution in [1.82, 2.24) is 24.6 Å². The van der Waals surface area contributed by atoms with E-state index in [1.54, 1.807) is 22.3 Å². The van der Waals surface area contributed by atoms with E-state index in [4.69, 9.17) is 4.98 Å². The lowest BCUT2D eigenvalue weighted by Crippen LogP contribution is -2.35. The number of nitrogens with zero attached hydrogens (tertiary/aromatic N) is 6. The molecule has 0 radical (unpaired) electrons. The van der Waals surface area contributed by atoms with Gasteiger partial charge in [0.25, 0.3) is 5.91 Å². The first-order valence-electron chi connectivity index (χ1n) is 9.63. The van der Waals surface area contributed by atoms with Crippen molar-refractivity contribution < 1.29 is 4.79 Å². The zero-order chi connectivity index (χ0) is 19.6. The second kappa shape index (κ2) is 7.63. The Kier molecular flexibility index (Phi) is 4.69. The molecule has 2 aromatic heterocycles. The van der Waals surface area contributed by atoms with Crippen LogP contribution in [0.1, 0.15) is 16.8 Å². The van der Waals surface area contributed by atoms with Gasteiger partial charge in [-0.15, -0.1) is 0 Å². The van der Waals surface area contributed by atoms with Gasteiger partial charge in [-0.1, -0.05) is 35.6 Å². The highest BCUT2D eigenvalue weighted by atomic mass is 32.1. The van der Waals surface area contributed by atoms with Gasteiger partial charge in [0.2, 0.25) is 0 Å². The number of anilines is 1. The van der Waals surface area contributed by atoms with Crippen LogP contribution in [0.15, 0.2) is 61.2 Å². The first-order valence-corrected chi connectivity index (χ1v) is 10.4. The number of para-hydroxylation sites is 2. The lowest BCUT2D eigenvalue weighted by Gasteiger charge is -2.22. The predicted molar refractivity (Wildman–Crippen MR) is 114 cm³/mol. The van der Waals surface area contributed by atoms with E-state index in [9.17, 15) is 4.79 Å². The van der Waals surface area contributed by atoms with E-state index in [1.807, 2.05) is 47.4 Å². The minimum atomic E-state index is 0.0299. The van der Waals surface area contributed by atoms with E-state index in [-0.39, 0.29) is 5.91 Å². The van der Waals surface area contributed by atoms with Gasteiger partial charge in [-0.05, 0) is 30.7 Å². The topological polar surface area (TPSA) is 67.2 Å². The summed E-state index contributed by atoms with van der Waals surface area (Å²) in [7, 11) is 0. The molecule has 1 aliphatic heterocycles. The first-order chi connectivity index (χ1) is 14.3. The Morgan fingerprint density at radius 1 is 0.966 bits per heavy atom. The Hall–Kier alpha value is -3.26. The summed E-state index contributed by atoms with van der Waals surface area (Å²) in [5, 5.41) is 5.22. The van der Waals surface area contributed by atoms with Crippen LogP contribution in [0.25, 0.3) is 15.9 Å². The number of thiazole rings is 1. The summed E-state index contributed by atoms with van der Waals surface area (Å²) in [5.41, 5.74) is 2.43. The third-order valence-electron chi connectivity index (χ3n) is 5.14. The molecule has 1 saturated heterocycles. The van der Waals surface area contributed by atoms with Crippen LogP contribution in [0.2, 0.25) is 0 Å². The number of fused-ring (bicyclic) bond motifs is 1. The van der Waals surface area contributed by atoms with Crippen molar-refractivity contribution in [3.05, 3.63) is 66.7 Å². The van der Waals surface area contributed by atoms with Gasteiger partial charge in [0.1, 0.15) is 12.7 Å². The van der Waals surface area contributed by atoms with Crippen LogP contribution in [-0.4, -0.2) is 56.7 Å². The van der Waals surface area contributed by atoms with E-state index < -0.39 is 0 Å². The minimum absolute atomic E-state index is 0.0299. The van der Waals surface area contributed by atoms with Crippen molar-refractivity contribution >= 4 is 32.6 Å². The van der Waals surface area contributed by atoms with Crippen LogP contribution < -0.4 is 4.90 Å². The van der Waals surface area contributed by atoms with Crippen LogP contribution in [0.4, 0.5) is 5.13 Å². The van der Waals surface area contributed by atoms with Gasteiger partial charge in [0.15, 0.2) is 5.13 Å². The van der Waals surface area contributed by atoms with Crippen LogP contribution in [0.5, 0.6) is 0 Å². The molecule has 29 heavy (non-hydrogen) atoms. The molecule has 5 rings (SSSR count). The first kappa shape index (κ1) is 17.8. The van der Waals surface area contributed by atoms with Crippen molar-refractivity contribution in [2.75, 3.05) is 31.1 Å². The maximum absolute atomic E-state index is 13.3. The smallest absolute Gasteiger partial charge is 0.256 e. The normalized spacial score (nSPS) is 14.9. The molecule has 0 bridgehead atoms. The maximum Gasteiger partial charge on any atom is 0.256 e. The number of carbonyl (C=O) groups is 1. The number of benzene rings is 2. The quantitative estimate of drug-likeness (QED) is 0.524. The molecular formula is C21H20N6OS. The fourth-order valence-corrected chi connectivity index (χ4v) is 4.68. The zero-order valence-corrected chi connectivity index (χ0v) is 16.6. The molecule has 0 aliphatic carbocycles. The molecule has 146 valence electrons. The van der Waals surface area contributed by atoms with E-state index in [1.165, 1.54) is 11.0 Å². The lowest BCUT2D eigenvalue weighted by molar-refractivity contribution is 0.0767. The van der Waals surface area contributed by atoms with Crippen molar-refractivity contribution in [3.8, 4) is 5.69 Å². The van der Waals surface area contributed by atoms with Crippen LogP contribution in [0, 0.1) is 0 Å². The average Bonchev–Trinajstić information content (AvgIpc) is 3.38. The van der Waals surface area contributed by atoms with E-state index in [0.29, 0.717) is 12.1 Å². The minimum Gasteiger partial charge on any atom is -0.346 e. The third-order valence-corrected chi connectivity index (χ3v) is 6.23. The van der Waals surface area contributed by atoms with E-state index >= 15 is 0 Å². The van der Waals surface area contributed by atoms with Gasteiger partial charge in [0.05, 0.1) is 21.5 Å². The van der Waals surface area contributed by atoms with Gasteiger partial charge in [0, 0.05) is 26.2 Å². The van der Waals surface area contributed by atoms with Gasteiger partial charge in [-0.25, -0.2) is 14.6 Å². The highest BCUT2D eigenvalue weighted by Crippen LogP contribution is 2.29. The Labute approximate surface area is 172 Å². The Balaban J connectivity index is 1.35. The monoisotopic (exact) mass is 404 g/mol. The number of carbonyl (C=O) groups excluding carboxylic acids is 1. The predicted octanol–water partition coefficient (Wildman–Crippen LogP) is 3.23. The molecule has 0 spiro atoms. The molecule has 7 nitrogen and oxygen atoms in total. The van der Waals surface area contributed by atoms with Crippen LogP contribution in [0.3, 0.4) is 0 Å². The van der Waals surface area contributed by atoms with E-state index in [0.717, 1.165) is 42.4 Å². The molecule has 1 aliphatic rings. The third kappa shape index (κ3) is 3.47. The summed E-state index contributed by atoms with van der Waals surface area (Å²) < 4.78 is 2.83. The summed E-state index contributed by atoms with van der Waals surface area (Å²) in [5.74, 6) is 0.0299. The summed E-state index contributed by atoms with van der Waals surface area (Å²) in [4.78, 5) is 26.3. The van der Waals surface area contributed by atoms with Crippen molar-refractivity contribution in [2.45, 2.75) is 6.42 Å². The SMILES string of the molecule is O=C(c1ccccc1-n1cncn1)N1CCCN(c2nc3ccccc3s2)CC1. The number of amides is 1. The molecule has 3 heterocycles. The summed E-state index contributed by atoms with van der Waals surface area (Å²) in [6.07, 6.45) is 4.00. The van der Waals surface area contributed by atoms with Gasteiger partial charge < -0.3 is 9.80 Å². The molecule has 8 heteroatoms. The zero-order valence-electron chi connectivity index (χ0n) is 15.8. The molecule has 1 amide bonds. The fraction of sp³-hybridized carbons (Fsp3) is 0.238. The molecule has 0 unspecified atom stereocenters. The molecule has 2 aromatic carbocycles. The van der Waals surface area contributed by atoms with Crippen molar-refractivity contribution in [2.24, 2.45) is 0 Å². The van der Waals surface area contributed by atoms with Crippen LogP contribution in [-0.2, 0) is 0 Å². The Morgan fingerprint density at radius 3 is 2.69 bits per heavy atom. The number of rotatable bonds is 3. The van der Waals surface area contributed by atoms with Gasteiger partial charge >= 0.3 is 0 Å². The Morgan fingerprint density at radius 2 is 1.83 bits per heavy atom. The number of hydrogen-bond acceptors (Lipinski definition) is 6. The lowest BCUT2D eigenvalue weighted by atomic mass is 10.1. The average molecular weight is 404 g/mol. The number of hydrogen-bond donors (Lipinski definition) is 0. The summed E-state index contributed by atoms with van der Waals surface area (Å²) >= 11 is 1.71. The van der Waals surface area contributed by atoms with Gasteiger partial charge in [-0.2, -0.15) is 5.10 Å². The van der Waals surface area contributed by atoms with Gasteiger partial charge in [-0.3, -0.25) is 4.79 Å². The molecule has 0 N–H and O–H groups in total. The van der Waals surface area contributed by atoms with Crippen molar-refractivity contribution in [3.63, 3.8) is 0 Å². The Bertz CT molecular complexity index is 1110. The highest BCUT2D eigenvalue weighted by molar-refractivity contribution is 7.22. The molecule has 0 saturated carbocycles. The molecule has 1 fully saturated rings. The van der Waals surface area contributed by atoms with Crippen LogP contribution >= 0.6 is 11.3 Å². The number of aromatic nitrogens is 4. The van der Waals surface area contributed by atoms with Crippen molar-refractivity contribution in [1.29, 1.82) is 0 Å². The summed E-state index contributed by atoms with van der Waals surface area (Å²) in [6.45, 7) is 3.07. The maximum atomic E-state index is 13.3. The fourth-order valence-electron chi connectivity index (χ4n) is 3.66. The van der Waals surface area contributed by atoms with E-state index in [2.05, 4.69) is 21.0 Å².